The van der Waals surface area contributed by atoms with Gasteiger partial charge in [0.2, 0.25) is 23.6 Å². The van der Waals surface area contributed by atoms with Crippen molar-refractivity contribution >= 4 is 47.3 Å². The fraction of sp³-hybridized carbons (Fsp3) is 0.700. The highest BCUT2D eigenvalue weighted by molar-refractivity contribution is 7.98. The van der Waals surface area contributed by atoms with Crippen molar-refractivity contribution in [3.8, 4) is 0 Å². The smallest absolute Gasteiger partial charge is 0.326 e. The van der Waals surface area contributed by atoms with Crippen molar-refractivity contribution in [2.75, 3.05) is 18.6 Å². The summed E-state index contributed by atoms with van der Waals surface area (Å²) in [6.45, 7) is 1.51. The molecule has 0 aromatic rings. The molecule has 0 aromatic heterocycles. The third-order valence-corrected chi connectivity index (χ3v) is 5.55. The van der Waals surface area contributed by atoms with E-state index in [4.69, 9.17) is 22.9 Å². The first-order valence-electron chi connectivity index (χ1n) is 11.2. The predicted molar refractivity (Wildman–Crippen MR) is 134 cm³/mol. The Morgan fingerprint density at radius 2 is 1.53 bits per heavy atom. The summed E-state index contributed by atoms with van der Waals surface area (Å²) >= 11 is 1.42. The topological polar surface area (TPSA) is 278 Å². The highest BCUT2D eigenvalue weighted by Crippen LogP contribution is 2.06. The Bertz CT molecular complexity index is 792. The monoisotopic (exact) mass is 534 g/mol. The molecule has 0 aliphatic carbocycles. The zero-order valence-electron chi connectivity index (χ0n) is 20.4. The van der Waals surface area contributed by atoms with E-state index in [1.807, 2.05) is 0 Å². The standard InChI is InChI=1S/C20H38N8O7S/c1-10(29)15(18(33)27-13(19(34)35)5-6-14(22)30)28-17(32)12(7-9-36-2)26-16(31)11(21)4-3-8-25-20(23)24/h10-13,15,29H,3-9,21H2,1-2H3,(H2,22,30)(H,26,31)(H,27,33)(H,28,32)(H,34,35)(H4,23,24,25). The minimum atomic E-state index is -1.53. The van der Waals surface area contributed by atoms with Crippen LogP contribution in [-0.4, -0.2) is 94.6 Å². The zero-order chi connectivity index (χ0) is 27.8. The van der Waals surface area contributed by atoms with Gasteiger partial charge in [0.15, 0.2) is 5.96 Å². The summed E-state index contributed by atoms with van der Waals surface area (Å²) < 4.78 is 0. The fourth-order valence-corrected chi connectivity index (χ4v) is 3.37. The van der Waals surface area contributed by atoms with Crippen LogP contribution < -0.4 is 38.9 Å². The van der Waals surface area contributed by atoms with E-state index in [0.717, 1.165) is 0 Å². The lowest BCUT2D eigenvalue weighted by atomic mass is 10.1. The molecule has 0 saturated carbocycles. The molecule has 0 heterocycles. The second kappa shape index (κ2) is 17.3. The second-order valence-electron chi connectivity index (χ2n) is 8.03. The molecule has 15 nitrogen and oxygen atoms in total. The van der Waals surface area contributed by atoms with E-state index in [9.17, 15) is 34.2 Å². The SMILES string of the molecule is CSCCC(NC(=O)C(N)CCCN=C(N)N)C(=O)NC(C(=O)NC(CCC(N)=O)C(=O)O)C(C)O. The van der Waals surface area contributed by atoms with Crippen LogP contribution in [0.25, 0.3) is 0 Å². The first-order chi connectivity index (χ1) is 16.8. The lowest BCUT2D eigenvalue weighted by Gasteiger charge is -2.26. The first kappa shape index (κ1) is 32.9. The van der Waals surface area contributed by atoms with Gasteiger partial charge in [0.05, 0.1) is 12.1 Å². The number of aliphatic carboxylic acids is 1. The number of carboxylic acid groups (broad SMARTS) is 1. The van der Waals surface area contributed by atoms with Crippen molar-refractivity contribution < 1.29 is 34.2 Å². The van der Waals surface area contributed by atoms with Crippen LogP contribution in [0.2, 0.25) is 0 Å². The summed E-state index contributed by atoms with van der Waals surface area (Å²) in [6.07, 6.45) is 0.705. The van der Waals surface area contributed by atoms with Crippen molar-refractivity contribution in [3.05, 3.63) is 0 Å². The molecule has 206 valence electrons. The normalized spacial score (nSPS) is 14.9. The van der Waals surface area contributed by atoms with Crippen LogP contribution in [0.5, 0.6) is 0 Å². The van der Waals surface area contributed by atoms with E-state index in [-0.39, 0.29) is 38.2 Å². The maximum absolute atomic E-state index is 12.9. The van der Waals surface area contributed by atoms with Crippen LogP contribution in [0.3, 0.4) is 0 Å². The van der Waals surface area contributed by atoms with Gasteiger partial charge in [0, 0.05) is 13.0 Å². The average Bonchev–Trinajstić information content (AvgIpc) is 2.78. The summed E-state index contributed by atoms with van der Waals surface area (Å²) in [5.74, 6) is -4.12. The van der Waals surface area contributed by atoms with Crippen LogP contribution in [0.15, 0.2) is 4.99 Å². The largest absolute Gasteiger partial charge is 0.480 e. The number of carboxylic acids is 1. The highest BCUT2D eigenvalue weighted by Gasteiger charge is 2.32. The lowest BCUT2D eigenvalue weighted by Crippen LogP contribution is -2.60. The van der Waals surface area contributed by atoms with E-state index in [1.165, 1.54) is 18.7 Å². The number of nitrogens with two attached hydrogens (primary N) is 4. The number of nitrogens with zero attached hydrogens (tertiary/aromatic N) is 1. The van der Waals surface area contributed by atoms with Gasteiger partial charge >= 0.3 is 5.97 Å². The Kier molecular flexibility index (Phi) is 15.8. The van der Waals surface area contributed by atoms with Crippen LogP contribution in [0.4, 0.5) is 0 Å². The molecule has 0 bridgehead atoms. The third-order valence-electron chi connectivity index (χ3n) is 4.90. The van der Waals surface area contributed by atoms with Gasteiger partial charge in [-0.25, -0.2) is 4.79 Å². The lowest BCUT2D eigenvalue weighted by molar-refractivity contribution is -0.143. The van der Waals surface area contributed by atoms with E-state index in [2.05, 4.69) is 20.9 Å². The molecule has 0 aromatic carbocycles. The molecule has 4 amide bonds. The summed E-state index contributed by atoms with van der Waals surface area (Å²) in [6, 6.07) is -5.02. The Balaban J connectivity index is 5.30. The van der Waals surface area contributed by atoms with Gasteiger partial charge in [-0.2, -0.15) is 11.8 Å². The molecule has 16 heteroatoms. The van der Waals surface area contributed by atoms with Gasteiger partial charge in [-0.1, -0.05) is 0 Å². The average molecular weight is 535 g/mol. The number of aliphatic imine (C=N–C) groups is 1. The minimum absolute atomic E-state index is 0.0823. The van der Waals surface area contributed by atoms with Crippen molar-refractivity contribution in [1.29, 1.82) is 0 Å². The van der Waals surface area contributed by atoms with E-state index in [1.54, 1.807) is 6.26 Å². The molecule has 5 atom stereocenters. The number of thioether (sulfide) groups is 1. The molecule has 0 fully saturated rings. The van der Waals surface area contributed by atoms with E-state index >= 15 is 0 Å². The fourth-order valence-electron chi connectivity index (χ4n) is 2.90. The number of aliphatic hydroxyl groups excluding tert-OH is 1. The Labute approximate surface area is 213 Å². The van der Waals surface area contributed by atoms with Crippen LogP contribution in [0, 0.1) is 0 Å². The molecule has 13 N–H and O–H groups in total. The van der Waals surface area contributed by atoms with Gasteiger partial charge in [0.1, 0.15) is 18.1 Å². The van der Waals surface area contributed by atoms with Gasteiger partial charge in [0.25, 0.3) is 0 Å². The molecule has 0 rings (SSSR count). The number of primary amides is 1. The number of aliphatic hydroxyl groups is 1. The molecule has 5 unspecified atom stereocenters. The van der Waals surface area contributed by atoms with Crippen LogP contribution in [-0.2, 0) is 24.0 Å². The Morgan fingerprint density at radius 3 is 2.03 bits per heavy atom. The molecular formula is C20H38N8O7S. The zero-order valence-corrected chi connectivity index (χ0v) is 21.3. The quantitative estimate of drug-likeness (QED) is 0.0468. The Hall–Kier alpha value is -3.11. The van der Waals surface area contributed by atoms with Gasteiger partial charge < -0.3 is 49.1 Å². The number of guanidine groups is 1. The number of amides is 4. The second-order valence-corrected chi connectivity index (χ2v) is 9.01. The maximum atomic E-state index is 12.9. The molecule has 0 spiro atoms. The number of hydrogen-bond acceptors (Lipinski definition) is 9. The maximum Gasteiger partial charge on any atom is 0.326 e. The first-order valence-corrected chi connectivity index (χ1v) is 12.6. The van der Waals surface area contributed by atoms with E-state index < -0.39 is 59.9 Å². The molecule has 0 saturated heterocycles. The predicted octanol–water partition coefficient (Wildman–Crippen LogP) is -3.69. The third kappa shape index (κ3) is 13.7. The molecular weight excluding hydrogens is 496 g/mol. The van der Waals surface area contributed by atoms with Crippen LogP contribution in [0.1, 0.15) is 39.0 Å². The number of carbonyl (C=O) groups is 5. The van der Waals surface area contributed by atoms with Crippen LogP contribution >= 0.6 is 11.8 Å². The van der Waals surface area contributed by atoms with Crippen molar-refractivity contribution in [2.24, 2.45) is 27.9 Å². The van der Waals surface area contributed by atoms with Crippen molar-refractivity contribution in [1.82, 2.24) is 16.0 Å². The van der Waals surface area contributed by atoms with Crippen molar-refractivity contribution in [2.45, 2.75) is 69.3 Å². The number of rotatable bonds is 18. The highest BCUT2D eigenvalue weighted by atomic mass is 32.2. The molecule has 36 heavy (non-hydrogen) atoms. The summed E-state index contributed by atoms with van der Waals surface area (Å²) in [4.78, 5) is 64.2. The number of hydrogen-bond donors (Lipinski definition) is 9. The summed E-state index contributed by atoms with van der Waals surface area (Å²) in [7, 11) is 0. The summed E-state index contributed by atoms with van der Waals surface area (Å²) in [5, 5.41) is 26.4. The molecule has 0 radical (unpaired) electrons. The van der Waals surface area contributed by atoms with E-state index in [0.29, 0.717) is 12.2 Å². The Morgan fingerprint density at radius 1 is 0.917 bits per heavy atom. The van der Waals surface area contributed by atoms with Gasteiger partial charge in [-0.05, 0) is 44.6 Å². The van der Waals surface area contributed by atoms with Gasteiger partial charge in [-0.15, -0.1) is 0 Å². The van der Waals surface area contributed by atoms with Crippen molar-refractivity contribution in [3.63, 3.8) is 0 Å². The number of carbonyl (C=O) groups excluding carboxylic acids is 4. The molecule has 0 aliphatic heterocycles. The number of nitrogens with one attached hydrogen (secondary N) is 3. The minimum Gasteiger partial charge on any atom is -0.480 e. The summed E-state index contributed by atoms with van der Waals surface area (Å²) in [5.41, 5.74) is 21.4. The molecule has 0 aliphatic rings. The van der Waals surface area contributed by atoms with Gasteiger partial charge in [-0.3, -0.25) is 24.2 Å².